The smallest absolute Gasteiger partial charge is 0.223 e. The number of nitrogens with zero attached hydrogens (tertiary/aromatic N) is 1. The molecule has 3 nitrogen and oxygen atoms in total. The fourth-order valence-electron chi connectivity index (χ4n) is 1.78. The summed E-state index contributed by atoms with van der Waals surface area (Å²) in [5.74, 6) is 1.22. The monoisotopic (exact) mass is 269 g/mol. The molecule has 0 fully saturated rings. The van der Waals surface area contributed by atoms with Gasteiger partial charge < -0.3 is 9.64 Å². The number of amides is 1. The lowest BCUT2D eigenvalue weighted by atomic mass is 10.0. The molecule has 0 aliphatic heterocycles. The summed E-state index contributed by atoms with van der Waals surface area (Å²) in [6, 6.07) is 4.07. The van der Waals surface area contributed by atoms with Gasteiger partial charge in [-0.25, -0.2) is 0 Å². The third-order valence-electron chi connectivity index (χ3n) is 3.04. The van der Waals surface area contributed by atoms with Crippen LogP contribution in [0.25, 0.3) is 0 Å². The van der Waals surface area contributed by atoms with Crippen molar-refractivity contribution in [1.29, 1.82) is 0 Å². The number of rotatable bonds is 5. The predicted molar refractivity (Wildman–Crippen MR) is 74.3 cm³/mol. The van der Waals surface area contributed by atoms with E-state index in [4.69, 9.17) is 16.3 Å². The molecule has 0 radical (unpaired) electrons. The fraction of sp³-hybridized carbons (Fsp3) is 0.500. The van der Waals surface area contributed by atoms with Crippen LogP contribution in [0.4, 0.5) is 0 Å². The van der Waals surface area contributed by atoms with Gasteiger partial charge in [0.2, 0.25) is 5.91 Å². The van der Waals surface area contributed by atoms with Crippen LogP contribution in [0.5, 0.6) is 5.75 Å². The van der Waals surface area contributed by atoms with Crippen LogP contribution in [-0.4, -0.2) is 30.8 Å². The Kier molecular flexibility index (Phi) is 5.48. The molecule has 100 valence electrons. The molecule has 0 unspecified atom stereocenters. The van der Waals surface area contributed by atoms with Crippen LogP contribution < -0.4 is 4.74 Å². The highest BCUT2D eigenvalue weighted by Gasteiger charge is 2.12. The van der Waals surface area contributed by atoms with E-state index in [0.717, 1.165) is 11.3 Å². The Morgan fingerprint density at radius 2 is 1.94 bits per heavy atom. The maximum Gasteiger partial charge on any atom is 0.223 e. The molecule has 0 heterocycles. The number of aryl methyl sites for hydroxylation is 2. The number of halogens is 1. The first kappa shape index (κ1) is 14.8. The van der Waals surface area contributed by atoms with Crippen LogP contribution >= 0.6 is 11.6 Å². The first-order valence-corrected chi connectivity index (χ1v) is 6.47. The summed E-state index contributed by atoms with van der Waals surface area (Å²) in [5.41, 5.74) is 3.40. The van der Waals surface area contributed by atoms with Gasteiger partial charge in [-0.05, 0) is 31.0 Å². The molecule has 0 bridgehead atoms. The number of carbonyl (C=O) groups excluding carboxylic acids is 1. The van der Waals surface area contributed by atoms with Crippen molar-refractivity contribution in [2.75, 3.05) is 20.0 Å². The average molecular weight is 270 g/mol. The lowest BCUT2D eigenvalue weighted by Crippen LogP contribution is -2.26. The number of hydrogen-bond acceptors (Lipinski definition) is 2. The topological polar surface area (TPSA) is 29.5 Å². The van der Waals surface area contributed by atoms with Crippen molar-refractivity contribution in [2.45, 2.75) is 26.8 Å². The quantitative estimate of drug-likeness (QED) is 0.770. The van der Waals surface area contributed by atoms with Crippen LogP contribution in [0.2, 0.25) is 0 Å². The molecule has 0 aromatic heterocycles. The molecule has 18 heavy (non-hydrogen) atoms. The molecule has 0 spiro atoms. The maximum absolute atomic E-state index is 11.7. The molecule has 1 amide bonds. The van der Waals surface area contributed by atoms with Gasteiger partial charge in [0.1, 0.15) is 5.75 Å². The summed E-state index contributed by atoms with van der Waals surface area (Å²) >= 11 is 5.58. The summed E-state index contributed by atoms with van der Waals surface area (Å²) < 4.78 is 5.36. The summed E-state index contributed by atoms with van der Waals surface area (Å²) in [7, 11) is 3.43. The zero-order valence-electron chi connectivity index (χ0n) is 11.4. The molecule has 0 aliphatic carbocycles. The van der Waals surface area contributed by atoms with Gasteiger partial charge in [0, 0.05) is 31.5 Å². The SMILES string of the molecule is COc1cc(C)c(C)cc1CN(C)C(=O)CCCl. The fourth-order valence-corrected chi connectivity index (χ4v) is 1.94. The number of methoxy groups -OCH3 is 1. The molecule has 1 aromatic rings. The molecule has 0 N–H and O–H groups in total. The van der Waals surface area contributed by atoms with Gasteiger partial charge in [-0.2, -0.15) is 0 Å². The highest BCUT2D eigenvalue weighted by Crippen LogP contribution is 2.24. The lowest BCUT2D eigenvalue weighted by molar-refractivity contribution is -0.130. The van der Waals surface area contributed by atoms with Crippen LogP contribution in [0, 0.1) is 13.8 Å². The Labute approximate surface area is 114 Å². The normalized spacial score (nSPS) is 10.3. The summed E-state index contributed by atoms with van der Waals surface area (Å²) in [5, 5.41) is 0. The van der Waals surface area contributed by atoms with Crippen LogP contribution in [-0.2, 0) is 11.3 Å². The molecule has 4 heteroatoms. The number of benzene rings is 1. The van der Waals surface area contributed by atoms with E-state index < -0.39 is 0 Å². The zero-order valence-corrected chi connectivity index (χ0v) is 12.2. The minimum atomic E-state index is 0.0466. The van der Waals surface area contributed by atoms with Gasteiger partial charge in [-0.1, -0.05) is 6.07 Å². The Bertz CT molecular complexity index is 432. The van der Waals surface area contributed by atoms with E-state index in [9.17, 15) is 4.79 Å². The summed E-state index contributed by atoms with van der Waals surface area (Å²) in [4.78, 5) is 13.4. The molecular formula is C14H20ClNO2. The van der Waals surface area contributed by atoms with Gasteiger partial charge >= 0.3 is 0 Å². The Hall–Kier alpha value is -1.22. The minimum Gasteiger partial charge on any atom is -0.496 e. The van der Waals surface area contributed by atoms with Gasteiger partial charge in [-0.15, -0.1) is 11.6 Å². The van der Waals surface area contributed by atoms with Crippen LogP contribution in [0.15, 0.2) is 12.1 Å². The molecule has 0 saturated carbocycles. The lowest BCUT2D eigenvalue weighted by Gasteiger charge is -2.19. The van der Waals surface area contributed by atoms with Gasteiger partial charge in [0.25, 0.3) is 0 Å². The minimum absolute atomic E-state index is 0.0466. The first-order valence-electron chi connectivity index (χ1n) is 5.93. The molecular weight excluding hydrogens is 250 g/mol. The number of carbonyl (C=O) groups is 1. The number of hydrogen-bond donors (Lipinski definition) is 0. The van der Waals surface area contributed by atoms with Crippen molar-refractivity contribution in [3.05, 3.63) is 28.8 Å². The Morgan fingerprint density at radius 1 is 1.33 bits per heavy atom. The van der Waals surface area contributed by atoms with Crippen molar-refractivity contribution >= 4 is 17.5 Å². The first-order chi connectivity index (χ1) is 8.49. The second-order valence-corrected chi connectivity index (χ2v) is 4.82. The summed E-state index contributed by atoms with van der Waals surface area (Å²) in [6.07, 6.45) is 0.366. The van der Waals surface area contributed by atoms with E-state index in [1.807, 2.05) is 13.0 Å². The predicted octanol–water partition coefficient (Wildman–Crippen LogP) is 2.90. The molecule has 0 atom stereocenters. The van der Waals surface area contributed by atoms with E-state index in [1.54, 1.807) is 19.1 Å². The van der Waals surface area contributed by atoms with Crippen molar-refractivity contribution in [3.8, 4) is 5.75 Å². The van der Waals surface area contributed by atoms with Gasteiger partial charge in [-0.3, -0.25) is 4.79 Å². The standard InChI is InChI=1S/C14H20ClNO2/c1-10-7-12(13(18-4)8-11(10)2)9-16(3)14(17)5-6-15/h7-8H,5-6,9H2,1-4H3. The van der Waals surface area contributed by atoms with E-state index >= 15 is 0 Å². The van der Waals surface area contributed by atoms with Crippen molar-refractivity contribution in [2.24, 2.45) is 0 Å². The van der Waals surface area contributed by atoms with Gasteiger partial charge in [0.05, 0.1) is 7.11 Å². The van der Waals surface area contributed by atoms with Crippen molar-refractivity contribution in [1.82, 2.24) is 4.90 Å². The van der Waals surface area contributed by atoms with E-state index in [-0.39, 0.29) is 5.91 Å². The molecule has 1 rings (SSSR count). The largest absolute Gasteiger partial charge is 0.496 e. The van der Waals surface area contributed by atoms with Crippen LogP contribution in [0.1, 0.15) is 23.1 Å². The molecule has 1 aromatic carbocycles. The average Bonchev–Trinajstić information content (AvgIpc) is 2.33. The van der Waals surface area contributed by atoms with Crippen LogP contribution in [0.3, 0.4) is 0 Å². The van der Waals surface area contributed by atoms with Crippen molar-refractivity contribution in [3.63, 3.8) is 0 Å². The highest BCUT2D eigenvalue weighted by molar-refractivity contribution is 6.18. The van der Waals surface area contributed by atoms with E-state index in [0.29, 0.717) is 18.8 Å². The van der Waals surface area contributed by atoms with E-state index in [2.05, 4.69) is 13.0 Å². The summed E-state index contributed by atoms with van der Waals surface area (Å²) in [6.45, 7) is 4.64. The Morgan fingerprint density at radius 3 is 2.50 bits per heavy atom. The van der Waals surface area contributed by atoms with Gasteiger partial charge in [0.15, 0.2) is 0 Å². The van der Waals surface area contributed by atoms with Crippen molar-refractivity contribution < 1.29 is 9.53 Å². The third kappa shape index (κ3) is 3.64. The Balaban J connectivity index is 2.89. The number of alkyl halides is 1. The number of ether oxygens (including phenoxy) is 1. The third-order valence-corrected chi connectivity index (χ3v) is 3.23. The van der Waals surface area contributed by atoms with E-state index in [1.165, 1.54) is 11.1 Å². The highest BCUT2D eigenvalue weighted by atomic mass is 35.5. The molecule has 0 saturated heterocycles. The second kappa shape index (κ2) is 6.64. The molecule has 0 aliphatic rings. The second-order valence-electron chi connectivity index (χ2n) is 4.44. The maximum atomic E-state index is 11.7. The zero-order chi connectivity index (χ0) is 13.7.